The van der Waals surface area contributed by atoms with E-state index in [0.717, 1.165) is 0 Å². The number of amides is 2. The molecule has 1 aromatic carbocycles. The zero-order chi connectivity index (χ0) is 16.9. The Morgan fingerprint density at radius 1 is 1.17 bits per heavy atom. The van der Waals surface area contributed by atoms with E-state index >= 15 is 0 Å². The van der Waals surface area contributed by atoms with Gasteiger partial charge in [0.05, 0.1) is 24.5 Å². The number of hydrogen-bond donors (Lipinski definition) is 2. The van der Waals surface area contributed by atoms with Crippen LogP contribution in [0.3, 0.4) is 0 Å². The maximum absolute atomic E-state index is 12.4. The summed E-state index contributed by atoms with van der Waals surface area (Å²) in [6.07, 6.45) is 1.35. The normalized spacial score (nSPS) is 14.2. The number of para-hydroxylation sites is 1. The van der Waals surface area contributed by atoms with Gasteiger partial charge in [0.1, 0.15) is 17.8 Å². The number of carbonyl (C=O) groups excluding carboxylic acids is 2. The summed E-state index contributed by atoms with van der Waals surface area (Å²) in [5.74, 6) is -0.371. The number of nitrogens with two attached hydrogens (primary N) is 1. The highest BCUT2D eigenvalue weighted by molar-refractivity contribution is 6.08. The third-order valence-electron chi connectivity index (χ3n) is 3.66. The van der Waals surface area contributed by atoms with Crippen molar-refractivity contribution in [2.45, 2.75) is 0 Å². The molecule has 0 radical (unpaired) electrons. The number of hydrogen-bond acceptors (Lipinski definition) is 6. The number of primary amides is 1. The quantitative estimate of drug-likeness (QED) is 0.854. The van der Waals surface area contributed by atoms with Crippen LogP contribution in [0.2, 0.25) is 0 Å². The molecular weight excluding hydrogens is 310 g/mol. The monoisotopic (exact) mass is 327 g/mol. The first-order chi connectivity index (χ1) is 11.6. The van der Waals surface area contributed by atoms with Crippen LogP contribution < -0.4 is 16.0 Å². The minimum Gasteiger partial charge on any atom is -0.378 e. The Hall–Kier alpha value is -3.00. The molecule has 1 aliphatic heterocycles. The summed E-state index contributed by atoms with van der Waals surface area (Å²) >= 11 is 0. The number of rotatable bonds is 4. The Bertz CT molecular complexity index is 759. The van der Waals surface area contributed by atoms with Gasteiger partial charge in [-0.25, -0.2) is 9.97 Å². The first-order valence-corrected chi connectivity index (χ1v) is 7.50. The lowest BCUT2D eigenvalue weighted by Gasteiger charge is -2.27. The van der Waals surface area contributed by atoms with Gasteiger partial charge in [-0.15, -0.1) is 0 Å². The molecule has 0 bridgehead atoms. The van der Waals surface area contributed by atoms with Crippen LogP contribution in [0.1, 0.15) is 20.8 Å². The highest BCUT2D eigenvalue weighted by Gasteiger charge is 2.17. The number of nitrogens with zero attached hydrogens (tertiary/aromatic N) is 3. The Morgan fingerprint density at radius 2 is 1.92 bits per heavy atom. The summed E-state index contributed by atoms with van der Waals surface area (Å²) < 4.78 is 5.31. The molecule has 0 saturated carbocycles. The van der Waals surface area contributed by atoms with Crippen molar-refractivity contribution in [3.63, 3.8) is 0 Å². The average Bonchev–Trinajstić information content (AvgIpc) is 2.63. The van der Waals surface area contributed by atoms with Crippen molar-refractivity contribution < 1.29 is 14.3 Å². The van der Waals surface area contributed by atoms with Gasteiger partial charge in [0.15, 0.2) is 0 Å². The third kappa shape index (κ3) is 3.49. The highest BCUT2D eigenvalue weighted by Crippen LogP contribution is 2.17. The van der Waals surface area contributed by atoms with Crippen LogP contribution in [0.5, 0.6) is 0 Å². The maximum atomic E-state index is 12.4. The Morgan fingerprint density at radius 3 is 2.67 bits per heavy atom. The minimum atomic E-state index is -0.609. The van der Waals surface area contributed by atoms with Gasteiger partial charge < -0.3 is 20.7 Å². The predicted octanol–water partition coefficient (Wildman–Crippen LogP) is 0.664. The van der Waals surface area contributed by atoms with E-state index in [-0.39, 0.29) is 11.3 Å². The zero-order valence-electron chi connectivity index (χ0n) is 12.9. The molecule has 0 aliphatic carbocycles. The molecule has 1 saturated heterocycles. The Balaban J connectivity index is 1.79. The lowest BCUT2D eigenvalue weighted by molar-refractivity contribution is 0.100. The maximum Gasteiger partial charge on any atom is 0.274 e. The van der Waals surface area contributed by atoms with Crippen LogP contribution in [0.25, 0.3) is 0 Å². The first-order valence-electron chi connectivity index (χ1n) is 7.50. The third-order valence-corrected chi connectivity index (χ3v) is 3.66. The highest BCUT2D eigenvalue weighted by atomic mass is 16.5. The lowest BCUT2D eigenvalue weighted by Crippen LogP contribution is -2.37. The molecule has 24 heavy (non-hydrogen) atoms. The largest absolute Gasteiger partial charge is 0.378 e. The second kappa shape index (κ2) is 7.05. The number of aromatic nitrogens is 2. The summed E-state index contributed by atoms with van der Waals surface area (Å²) in [4.78, 5) is 34.1. The van der Waals surface area contributed by atoms with Crippen molar-refractivity contribution in [3.05, 3.63) is 47.9 Å². The number of carbonyl (C=O) groups is 2. The molecular formula is C16H17N5O3. The van der Waals surface area contributed by atoms with E-state index in [2.05, 4.69) is 15.3 Å². The number of nitrogens with one attached hydrogen (secondary N) is 1. The van der Waals surface area contributed by atoms with Gasteiger partial charge in [-0.05, 0) is 12.1 Å². The molecule has 0 spiro atoms. The van der Waals surface area contributed by atoms with E-state index in [1.165, 1.54) is 6.33 Å². The summed E-state index contributed by atoms with van der Waals surface area (Å²) in [6, 6.07) is 8.17. The van der Waals surface area contributed by atoms with Gasteiger partial charge >= 0.3 is 0 Å². The molecule has 3 N–H and O–H groups in total. The number of benzene rings is 1. The van der Waals surface area contributed by atoms with Crippen LogP contribution in [0.15, 0.2) is 36.7 Å². The van der Waals surface area contributed by atoms with Crippen molar-refractivity contribution in [1.82, 2.24) is 9.97 Å². The summed E-state index contributed by atoms with van der Waals surface area (Å²) in [7, 11) is 0. The van der Waals surface area contributed by atoms with E-state index in [4.69, 9.17) is 10.5 Å². The Labute approximate surface area is 138 Å². The van der Waals surface area contributed by atoms with Crippen molar-refractivity contribution in [3.8, 4) is 0 Å². The van der Waals surface area contributed by atoms with E-state index < -0.39 is 11.8 Å². The van der Waals surface area contributed by atoms with Crippen LogP contribution in [0.4, 0.5) is 11.5 Å². The number of morpholine rings is 1. The number of ether oxygens (including phenoxy) is 1. The fourth-order valence-corrected chi connectivity index (χ4v) is 2.43. The second-order valence-electron chi connectivity index (χ2n) is 5.22. The molecule has 2 aromatic rings. The smallest absolute Gasteiger partial charge is 0.274 e. The predicted molar refractivity (Wildman–Crippen MR) is 88.0 cm³/mol. The number of anilines is 2. The SMILES string of the molecule is NC(=O)c1ccccc1NC(=O)c1cc(N2CCOCC2)ncn1. The summed E-state index contributed by atoms with van der Waals surface area (Å²) in [5, 5.41) is 2.67. The van der Waals surface area contributed by atoms with Crippen molar-refractivity contribution in [2.24, 2.45) is 5.73 Å². The summed E-state index contributed by atoms with van der Waals surface area (Å²) in [6.45, 7) is 2.67. The van der Waals surface area contributed by atoms with Gasteiger partial charge in [0.2, 0.25) is 0 Å². The molecule has 0 atom stereocenters. The van der Waals surface area contributed by atoms with Crippen molar-refractivity contribution >= 4 is 23.3 Å². The van der Waals surface area contributed by atoms with Crippen molar-refractivity contribution in [2.75, 3.05) is 36.5 Å². The van der Waals surface area contributed by atoms with Gasteiger partial charge in [-0.2, -0.15) is 0 Å². The van der Waals surface area contributed by atoms with Gasteiger partial charge in [-0.3, -0.25) is 9.59 Å². The molecule has 1 aromatic heterocycles. The molecule has 1 aliphatic rings. The van der Waals surface area contributed by atoms with E-state index in [1.807, 2.05) is 4.90 Å². The minimum absolute atomic E-state index is 0.214. The molecule has 2 heterocycles. The van der Waals surface area contributed by atoms with Crippen LogP contribution in [-0.4, -0.2) is 48.1 Å². The van der Waals surface area contributed by atoms with E-state index in [9.17, 15) is 9.59 Å². The topological polar surface area (TPSA) is 110 Å². The van der Waals surface area contributed by atoms with Gasteiger partial charge in [-0.1, -0.05) is 12.1 Å². The zero-order valence-corrected chi connectivity index (χ0v) is 12.9. The molecule has 0 unspecified atom stereocenters. The van der Waals surface area contributed by atoms with Crippen LogP contribution >= 0.6 is 0 Å². The lowest BCUT2D eigenvalue weighted by atomic mass is 10.1. The second-order valence-corrected chi connectivity index (χ2v) is 5.22. The first kappa shape index (κ1) is 15.9. The summed E-state index contributed by atoms with van der Waals surface area (Å²) in [5.41, 5.74) is 6.12. The fourth-order valence-electron chi connectivity index (χ4n) is 2.43. The standard InChI is InChI=1S/C16H17N5O3/c17-15(22)11-3-1-2-4-12(11)20-16(23)13-9-14(19-10-18-13)21-5-7-24-8-6-21/h1-4,9-10H,5-8H2,(H2,17,22)(H,20,23). The molecule has 8 heteroatoms. The molecule has 8 nitrogen and oxygen atoms in total. The van der Waals surface area contributed by atoms with Gasteiger partial charge in [0.25, 0.3) is 11.8 Å². The Kier molecular flexibility index (Phi) is 4.66. The molecule has 124 valence electrons. The fraction of sp³-hybridized carbons (Fsp3) is 0.250. The van der Waals surface area contributed by atoms with E-state index in [1.54, 1.807) is 30.3 Å². The van der Waals surface area contributed by atoms with Crippen LogP contribution in [-0.2, 0) is 4.74 Å². The van der Waals surface area contributed by atoms with Crippen LogP contribution in [0, 0.1) is 0 Å². The van der Waals surface area contributed by atoms with Crippen molar-refractivity contribution in [1.29, 1.82) is 0 Å². The molecule has 1 fully saturated rings. The van der Waals surface area contributed by atoms with Gasteiger partial charge in [0, 0.05) is 19.2 Å². The average molecular weight is 327 g/mol. The molecule has 3 rings (SSSR count). The molecule has 2 amide bonds. The van der Waals surface area contributed by atoms with E-state index in [0.29, 0.717) is 37.8 Å².